The summed E-state index contributed by atoms with van der Waals surface area (Å²) >= 11 is 0. The van der Waals surface area contributed by atoms with Crippen LogP contribution < -0.4 is 10.7 Å². The van der Waals surface area contributed by atoms with Gasteiger partial charge in [0.1, 0.15) is 0 Å². The van der Waals surface area contributed by atoms with E-state index >= 15 is 0 Å². The first-order chi connectivity index (χ1) is 3.62. The molecule has 0 aromatic carbocycles. The van der Waals surface area contributed by atoms with Crippen LogP contribution in [0.4, 0.5) is 0 Å². The van der Waals surface area contributed by atoms with Gasteiger partial charge in [-0.1, -0.05) is 0 Å². The molecular weight excluding hydrogens is 130 g/mol. The fourth-order valence-electron chi connectivity index (χ4n) is 0.127. The van der Waals surface area contributed by atoms with Crippen LogP contribution in [0.25, 0.3) is 0 Å². The molecule has 0 spiro atoms. The molecular formula is C2H5N3O2S. The lowest BCUT2D eigenvalue weighted by Gasteiger charge is -1.90. The third-order valence-corrected chi connectivity index (χ3v) is 1.30. The summed E-state index contributed by atoms with van der Waals surface area (Å²) in [6.07, 6.45) is 0. The molecule has 5 nitrogen and oxygen atoms in total. The molecule has 0 unspecified atom stereocenters. The summed E-state index contributed by atoms with van der Waals surface area (Å²) in [6, 6.07) is 1.43. The lowest BCUT2D eigenvalue weighted by Crippen LogP contribution is -2.31. The maximum absolute atomic E-state index is 10.1. The fourth-order valence-corrected chi connectivity index (χ4v) is 0.380. The van der Waals surface area contributed by atoms with Crippen LogP contribution >= 0.6 is 0 Å². The van der Waals surface area contributed by atoms with E-state index in [-0.39, 0.29) is 0 Å². The summed E-state index contributed by atoms with van der Waals surface area (Å²) in [6.45, 7) is 0. The molecule has 0 saturated carbocycles. The van der Waals surface area contributed by atoms with E-state index in [1.165, 1.54) is 10.9 Å². The largest absolute Gasteiger partial charge is 0.258 e. The van der Waals surface area contributed by atoms with E-state index in [9.17, 15) is 8.42 Å². The second-order valence-corrected chi connectivity index (χ2v) is 2.79. The molecule has 8 heavy (non-hydrogen) atoms. The molecule has 0 amide bonds. The topological polar surface area (TPSA) is 96.0 Å². The van der Waals surface area contributed by atoms with Crippen molar-refractivity contribution in [3.63, 3.8) is 0 Å². The van der Waals surface area contributed by atoms with E-state index in [2.05, 4.69) is 5.84 Å². The zero-order chi connectivity index (χ0) is 6.62. The minimum atomic E-state index is -3.50. The molecule has 0 aliphatic heterocycles. The highest BCUT2D eigenvalue weighted by molar-refractivity contribution is 7.89. The third-order valence-electron chi connectivity index (χ3n) is 0.434. The average Bonchev–Trinajstić information content (AvgIpc) is 1.67. The Morgan fingerprint density at radius 3 is 2.38 bits per heavy atom. The van der Waals surface area contributed by atoms with Crippen LogP contribution in [0.5, 0.6) is 0 Å². The molecule has 0 bridgehead atoms. The smallest absolute Gasteiger partial charge is 0.237 e. The Labute approximate surface area is 47.1 Å². The maximum Gasteiger partial charge on any atom is 0.237 e. The van der Waals surface area contributed by atoms with Crippen molar-refractivity contribution in [3.05, 3.63) is 0 Å². The van der Waals surface area contributed by atoms with E-state index in [1.807, 2.05) is 0 Å². The minimum absolute atomic E-state index is 0.594. The molecule has 0 radical (unpaired) electrons. The average molecular weight is 135 g/mol. The summed E-state index contributed by atoms with van der Waals surface area (Å²) in [5.74, 6) is 3.91. The van der Waals surface area contributed by atoms with Crippen molar-refractivity contribution in [3.8, 4) is 6.07 Å². The van der Waals surface area contributed by atoms with Gasteiger partial charge in [0.05, 0.1) is 6.07 Å². The number of nitrogens with one attached hydrogen (secondary N) is 1. The normalized spacial score (nSPS) is 10.5. The van der Waals surface area contributed by atoms with Gasteiger partial charge in [-0.15, -0.1) is 0 Å². The van der Waals surface area contributed by atoms with Gasteiger partial charge in [-0.2, -0.15) is 10.1 Å². The quantitative estimate of drug-likeness (QED) is 0.348. The lowest BCUT2D eigenvalue weighted by molar-refractivity contribution is 0.587. The monoisotopic (exact) mass is 135 g/mol. The highest BCUT2D eigenvalue weighted by atomic mass is 32.2. The van der Waals surface area contributed by atoms with Gasteiger partial charge in [-0.3, -0.25) is 5.84 Å². The summed E-state index contributed by atoms with van der Waals surface area (Å²) < 4.78 is 20.3. The highest BCUT2D eigenvalue weighted by Crippen LogP contribution is 1.74. The predicted octanol–water partition coefficient (Wildman–Crippen LogP) is -1.70. The van der Waals surface area contributed by atoms with E-state index in [1.54, 1.807) is 0 Å². The molecule has 0 heterocycles. The lowest BCUT2D eigenvalue weighted by atomic mass is 10.9. The first-order valence-electron chi connectivity index (χ1n) is 1.69. The van der Waals surface area contributed by atoms with Crippen LogP contribution in [0.2, 0.25) is 0 Å². The van der Waals surface area contributed by atoms with Crippen LogP contribution in [-0.2, 0) is 10.0 Å². The Balaban J connectivity index is 4.01. The third kappa shape index (κ3) is 2.52. The van der Waals surface area contributed by atoms with E-state index in [0.29, 0.717) is 0 Å². The number of nitrogens with two attached hydrogens (primary N) is 1. The van der Waals surface area contributed by atoms with Crippen molar-refractivity contribution in [2.24, 2.45) is 5.84 Å². The Kier molecular flexibility index (Phi) is 2.41. The van der Waals surface area contributed by atoms with Crippen molar-refractivity contribution < 1.29 is 8.42 Å². The van der Waals surface area contributed by atoms with Crippen LogP contribution in [0.3, 0.4) is 0 Å². The zero-order valence-corrected chi connectivity index (χ0v) is 4.77. The molecule has 46 valence electrons. The molecule has 6 heteroatoms. The van der Waals surface area contributed by atoms with Crippen molar-refractivity contribution in [2.45, 2.75) is 0 Å². The standard InChI is InChI=1S/C2H5N3O2S/c3-1-2-8(6,7)5-4/h5H,2,4H2. The highest BCUT2D eigenvalue weighted by Gasteiger charge is 2.03. The maximum atomic E-state index is 10.1. The second kappa shape index (κ2) is 2.61. The summed E-state index contributed by atoms with van der Waals surface area (Å²) in [5.41, 5.74) is 0. The number of hydrogen-bond donors (Lipinski definition) is 2. The van der Waals surface area contributed by atoms with Crippen molar-refractivity contribution in [1.82, 2.24) is 4.83 Å². The van der Waals surface area contributed by atoms with Crippen LogP contribution in [0.15, 0.2) is 0 Å². The van der Waals surface area contributed by atoms with Gasteiger partial charge < -0.3 is 0 Å². The first-order valence-corrected chi connectivity index (χ1v) is 3.34. The second-order valence-electron chi connectivity index (χ2n) is 1.04. The summed E-state index contributed by atoms with van der Waals surface area (Å²) in [7, 11) is -3.50. The summed E-state index contributed by atoms with van der Waals surface area (Å²) in [5, 5.41) is 7.81. The molecule has 0 aromatic rings. The number of sulfonamides is 1. The van der Waals surface area contributed by atoms with E-state index < -0.39 is 15.8 Å². The SMILES string of the molecule is N#CCS(=O)(=O)NN. The zero-order valence-electron chi connectivity index (χ0n) is 3.96. The number of rotatable bonds is 2. The van der Waals surface area contributed by atoms with Crippen molar-refractivity contribution in [1.29, 1.82) is 5.26 Å². The van der Waals surface area contributed by atoms with Crippen molar-refractivity contribution in [2.75, 3.05) is 5.75 Å². The molecule has 0 aliphatic rings. The van der Waals surface area contributed by atoms with Gasteiger partial charge in [-0.05, 0) is 0 Å². The molecule has 0 aliphatic carbocycles. The van der Waals surface area contributed by atoms with Gasteiger partial charge in [-0.25, -0.2) is 8.42 Å². The Morgan fingerprint density at radius 1 is 1.75 bits per heavy atom. The minimum Gasteiger partial charge on any atom is -0.258 e. The molecule has 0 saturated heterocycles. The predicted molar refractivity (Wildman–Crippen MR) is 26.7 cm³/mol. The Morgan fingerprint density at radius 2 is 2.25 bits per heavy atom. The van der Waals surface area contributed by atoms with Gasteiger partial charge in [0.15, 0.2) is 5.75 Å². The number of hydrogen-bond acceptors (Lipinski definition) is 4. The van der Waals surface area contributed by atoms with Crippen LogP contribution in [0.1, 0.15) is 0 Å². The Hall–Kier alpha value is -0.640. The number of nitrogens with zero attached hydrogens (tertiary/aromatic N) is 1. The van der Waals surface area contributed by atoms with Gasteiger partial charge in [0, 0.05) is 0 Å². The van der Waals surface area contributed by atoms with Gasteiger partial charge in [0.2, 0.25) is 10.0 Å². The number of hydrazine groups is 1. The van der Waals surface area contributed by atoms with Gasteiger partial charge in [0.25, 0.3) is 0 Å². The molecule has 0 aromatic heterocycles. The van der Waals surface area contributed by atoms with Gasteiger partial charge >= 0.3 is 0 Å². The van der Waals surface area contributed by atoms with E-state index in [0.717, 1.165) is 0 Å². The van der Waals surface area contributed by atoms with Crippen LogP contribution in [0, 0.1) is 11.3 Å². The van der Waals surface area contributed by atoms with Crippen molar-refractivity contribution >= 4 is 10.0 Å². The molecule has 0 fully saturated rings. The van der Waals surface area contributed by atoms with E-state index in [4.69, 9.17) is 5.26 Å². The molecule has 3 N–H and O–H groups in total. The molecule has 0 atom stereocenters. The fraction of sp³-hybridized carbons (Fsp3) is 0.500. The van der Waals surface area contributed by atoms with Crippen LogP contribution in [-0.4, -0.2) is 14.2 Å². The summed E-state index contributed by atoms with van der Waals surface area (Å²) in [4.78, 5) is 1.49. The molecule has 0 rings (SSSR count). The Bertz CT molecular complexity index is 188. The first kappa shape index (κ1) is 7.36. The number of nitriles is 1.